The summed E-state index contributed by atoms with van der Waals surface area (Å²) in [6.45, 7) is 7.16. The molecule has 2 rings (SSSR count). The molecule has 0 aromatic heterocycles. The number of alkyl halides is 1. The fourth-order valence-electron chi connectivity index (χ4n) is 3.86. The number of ether oxygens (including phenoxy) is 2. The van der Waals surface area contributed by atoms with Gasteiger partial charge in [0, 0.05) is 31.6 Å². The molecule has 0 amide bonds. The van der Waals surface area contributed by atoms with Crippen LogP contribution < -0.4 is 63.0 Å². The van der Waals surface area contributed by atoms with Gasteiger partial charge in [-0.15, -0.1) is 0 Å². The molecule has 2 aromatic rings. The predicted octanol–water partition coefficient (Wildman–Crippen LogP) is -2.72. The number of halogens is 2. The summed E-state index contributed by atoms with van der Waals surface area (Å²) in [6.07, 6.45) is 0.916. The normalized spacial score (nSPS) is 11.7. The van der Waals surface area contributed by atoms with E-state index in [0.29, 0.717) is 45.2 Å². The van der Waals surface area contributed by atoms with Crippen molar-refractivity contribution in [3.05, 3.63) is 46.5 Å². The van der Waals surface area contributed by atoms with Crippen molar-refractivity contribution in [3.63, 3.8) is 0 Å². The molecular weight excluding hydrogens is 845 g/mol. The summed E-state index contributed by atoms with van der Waals surface area (Å²) in [4.78, 5) is 0.575. The van der Waals surface area contributed by atoms with Crippen LogP contribution in [0.4, 0.5) is 0 Å². The zero-order chi connectivity index (χ0) is 31.1. The summed E-state index contributed by atoms with van der Waals surface area (Å²) in [7, 11) is -4.68. The monoisotopic (exact) mass is 884 g/mol. The van der Waals surface area contributed by atoms with Gasteiger partial charge in [-0.25, -0.2) is 21.1 Å². The Hall–Kier alpha value is 0.230. The van der Waals surface area contributed by atoms with E-state index in [9.17, 15) is 25.3 Å². The predicted molar refractivity (Wildman–Crippen MR) is 164 cm³/mol. The first-order valence-electron chi connectivity index (χ1n) is 12.0. The van der Waals surface area contributed by atoms with Gasteiger partial charge in [0.15, 0.2) is 0 Å². The van der Waals surface area contributed by atoms with Crippen molar-refractivity contribution in [2.75, 3.05) is 58.7 Å². The quantitative estimate of drug-likeness (QED) is 0.0966. The van der Waals surface area contributed by atoms with Crippen molar-refractivity contribution in [2.24, 2.45) is 0 Å². The van der Waals surface area contributed by atoms with Crippen molar-refractivity contribution >= 4 is 52.8 Å². The van der Waals surface area contributed by atoms with Crippen molar-refractivity contribution in [2.45, 2.75) is 37.5 Å². The molecule has 0 radical (unpaired) electrons. The first kappa shape index (κ1) is 44.4. The smallest absolute Gasteiger partial charge is 1.00 e. The van der Waals surface area contributed by atoms with Crippen molar-refractivity contribution in [1.82, 2.24) is 8.61 Å². The summed E-state index contributed by atoms with van der Waals surface area (Å²) in [6, 6.07) is 6.77. The molecule has 0 N–H and O–H groups in total. The summed E-state index contributed by atoms with van der Waals surface area (Å²) >= 11 is 2.16. The molecule has 0 unspecified atom stereocenters. The second kappa shape index (κ2) is 19.0. The van der Waals surface area contributed by atoms with E-state index in [0.717, 1.165) is 15.0 Å². The molecule has 0 saturated carbocycles. The largest absolute Gasteiger partial charge is 1.00 e. The SMILES string of the molecule is COc1cc(C)c(S(=O)(=O)N(C)CCI)c(C)c1.COc1cc(C)c(S(=O)(=O)N(C)CCOS(C)(=O)=O)c(C)c1.[I-].[Na+]. The van der Waals surface area contributed by atoms with Crippen LogP contribution in [-0.4, -0.2) is 92.6 Å². The van der Waals surface area contributed by atoms with Crippen LogP contribution in [0.5, 0.6) is 11.5 Å². The van der Waals surface area contributed by atoms with Crippen LogP contribution in [0, 0.1) is 27.7 Å². The Bertz CT molecular complexity index is 1460. The number of sulfonamides is 2. The van der Waals surface area contributed by atoms with E-state index >= 15 is 0 Å². The summed E-state index contributed by atoms with van der Waals surface area (Å²) in [5.41, 5.74) is 2.56. The molecule has 17 heteroatoms. The van der Waals surface area contributed by atoms with Crippen molar-refractivity contribution in [3.8, 4) is 11.5 Å². The van der Waals surface area contributed by atoms with Crippen molar-refractivity contribution < 1.29 is 92.4 Å². The Balaban J connectivity index is 0. The van der Waals surface area contributed by atoms with E-state index < -0.39 is 30.2 Å². The second-order valence-electron chi connectivity index (χ2n) is 9.05. The van der Waals surface area contributed by atoms with Crippen molar-refractivity contribution in [1.29, 1.82) is 0 Å². The molecule has 236 valence electrons. The minimum atomic E-state index is -3.74. The van der Waals surface area contributed by atoms with Crippen LogP contribution in [0.2, 0.25) is 0 Å². The molecule has 0 aliphatic heterocycles. The molecule has 0 spiro atoms. The molecule has 0 atom stereocenters. The molecule has 0 bridgehead atoms. The molecule has 11 nitrogen and oxygen atoms in total. The number of aryl methyl sites for hydroxylation is 4. The molecule has 2 aromatic carbocycles. The molecule has 0 saturated heterocycles. The summed E-state index contributed by atoms with van der Waals surface area (Å²) < 4.78 is 90.0. The Morgan fingerprint density at radius 3 is 1.26 bits per heavy atom. The summed E-state index contributed by atoms with van der Waals surface area (Å²) in [5, 5.41) is 0. The van der Waals surface area contributed by atoms with Crippen LogP contribution in [0.3, 0.4) is 0 Å². The Labute approximate surface area is 304 Å². The average Bonchev–Trinajstić information content (AvgIpc) is 2.82. The standard InChI is InChI=1S/C13H21NO6S2.C12H18INO3S.HI.Na/c1-10-8-12(19-4)9-11(2)13(10)22(17,18)14(3)6-7-20-21(5,15)16;1-9-7-11(17-4)8-10(2)12(9)18(15,16)14(3)6-5-13;;/h8-9H,6-7H2,1-5H3;7-8H,5-6H2,1-4H3;1H;/q;;;+1/p-1. The van der Waals surface area contributed by atoms with E-state index in [1.807, 2.05) is 0 Å². The minimum Gasteiger partial charge on any atom is -1.00 e. The number of rotatable bonds is 12. The Morgan fingerprint density at radius 1 is 0.690 bits per heavy atom. The zero-order valence-electron chi connectivity index (χ0n) is 25.7. The Kier molecular flexibility index (Phi) is 20.1. The number of methoxy groups -OCH3 is 2. The third-order valence-electron chi connectivity index (χ3n) is 5.78. The van der Waals surface area contributed by atoms with Gasteiger partial charge in [-0.2, -0.15) is 12.7 Å². The second-order valence-corrected chi connectivity index (χ2v) is 15.7. The van der Waals surface area contributed by atoms with Gasteiger partial charge in [0.25, 0.3) is 10.1 Å². The van der Waals surface area contributed by atoms with Gasteiger partial charge >= 0.3 is 29.6 Å². The number of likely N-dealkylation sites (N-methyl/N-ethyl adjacent to an activating group) is 1. The van der Waals surface area contributed by atoms with E-state index in [-0.39, 0.29) is 71.6 Å². The van der Waals surface area contributed by atoms with Gasteiger partial charge in [0.1, 0.15) is 11.5 Å². The van der Waals surface area contributed by atoms with Gasteiger partial charge in [-0.1, -0.05) is 22.6 Å². The molecular formula is C25H39I2N2NaO9S3. The Morgan fingerprint density at radius 2 is 1.00 bits per heavy atom. The van der Waals surface area contributed by atoms with E-state index in [1.54, 1.807) is 66.1 Å². The van der Waals surface area contributed by atoms with Gasteiger partial charge in [0.2, 0.25) is 20.0 Å². The number of benzene rings is 2. The van der Waals surface area contributed by atoms with Crippen LogP contribution in [0.1, 0.15) is 22.3 Å². The molecule has 42 heavy (non-hydrogen) atoms. The van der Waals surface area contributed by atoms with Crippen LogP contribution in [-0.2, 0) is 34.3 Å². The third-order valence-corrected chi connectivity index (χ3v) is 11.2. The van der Waals surface area contributed by atoms with Crippen LogP contribution in [0.25, 0.3) is 0 Å². The number of hydrogen-bond donors (Lipinski definition) is 0. The number of nitrogens with zero attached hydrogens (tertiary/aromatic N) is 2. The molecule has 0 aliphatic carbocycles. The van der Waals surface area contributed by atoms with E-state index in [1.165, 1.54) is 18.5 Å². The molecule has 0 aliphatic rings. The molecule has 0 fully saturated rings. The summed E-state index contributed by atoms with van der Waals surface area (Å²) in [5.74, 6) is 1.26. The minimum absolute atomic E-state index is 0. The van der Waals surface area contributed by atoms with E-state index in [4.69, 9.17) is 9.47 Å². The topological polar surface area (TPSA) is 137 Å². The maximum atomic E-state index is 12.6. The van der Waals surface area contributed by atoms with Gasteiger partial charge in [-0.05, 0) is 74.2 Å². The number of hydrogen-bond acceptors (Lipinski definition) is 9. The first-order chi connectivity index (χ1) is 18.3. The first-order valence-corrected chi connectivity index (χ1v) is 18.2. The third kappa shape index (κ3) is 12.6. The van der Waals surface area contributed by atoms with Crippen LogP contribution in [0.15, 0.2) is 34.1 Å². The zero-order valence-corrected chi connectivity index (χ0v) is 34.5. The van der Waals surface area contributed by atoms with Gasteiger partial charge in [0.05, 0.1) is 36.9 Å². The average molecular weight is 885 g/mol. The maximum absolute atomic E-state index is 12.6. The molecule has 0 heterocycles. The fraction of sp³-hybridized carbons (Fsp3) is 0.520. The van der Waals surface area contributed by atoms with Gasteiger partial charge < -0.3 is 33.5 Å². The van der Waals surface area contributed by atoms with E-state index in [2.05, 4.69) is 26.8 Å². The fourth-order valence-corrected chi connectivity index (χ4v) is 8.42. The van der Waals surface area contributed by atoms with Crippen LogP contribution >= 0.6 is 22.6 Å². The maximum Gasteiger partial charge on any atom is 1.00 e. The van der Waals surface area contributed by atoms with Gasteiger partial charge in [-0.3, -0.25) is 4.18 Å².